The maximum atomic E-state index is 12.9. The second kappa shape index (κ2) is 6.44. The lowest BCUT2D eigenvalue weighted by Crippen LogP contribution is -2.39. The first-order valence-electron chi connectivity index (χ1n) is 8.89. The van der Waals surface area contributed by atoms with E-state index in [0.717, 1.165) is 12.8 Å². The predicted molar refractivity (Wildman–Crippen MR) is 98.0 cm³/mol. The molecule has 4 rings (SSSR count). The highest BCUT2D eigenvalue weighted by Crippen LogP contribution is 2.44. The van der Waals surface area contributed by atoms with Crippen molar-refractivity contribution >= 4 is 27.3 Å². The van der Waals surface area contributed by atoms with Gasteiger partial charge in [0.15, 0.2) is 9.84 Å². The normalized spacial score (nSPS) is 33.4. The van der Waals surface area contributed by atoms with E-state index in [1.807, 2.05) is 6.07 Å². The Kier molecular flexibility index (Phi) is 4.40. The van der Waals surface area contributed by atoms with Crippen LogP contribution < -0.4 is 0 Å². The highest BCUT2D eigenvalue weighted by atomic mass is 35.5. The summed E-state index contributed by atoms with van der Waals surface area (Å²) in [6, 6.07) is 7.12. The minimum absolute atomic E-state index is 0.00524. The highest BCUT2D eigenvalue weighted by Gasteiger charge is 2.42. The van der Waals surface area contributed by atoms with Gasteiger partial charge in [0.25, 0.3) is 0 Å². The van der Waals surface area contributed by atoms with Crippen molar-refractivity contribution in [3.63, 3.8) is 0 Å². The number of amides is 1. The zero-order valence-corrected chi connectivity index (χ0v) is 15.5. The third-order valence-corrected chi connectivity index (χ3v) is 8.35. The molecule has 1 saturated carbocycles. The van der Waals surface area contributed by atoms with Crippen LogP contribution in [-0.2, 0) is 14.6 Å². The number of halogens is 1. The maximum Gasteiger partial charge on any atom is 0.226 e. The molecule has 134 valence electrons. The van der Waals surface area contributed by atoms with E-state index in [2.05, 4.69) is 12.2 Å². The fraction of sp³-hybridized carbons (Fsp3) is 0.526. The average molecular weight is 380 g/mol. The summed E-state index contributed by atoms with van der Waals surface area (Å²) in [7, 11) is -3.33. The van der Waals surface area contributed by atoms with Crippen molar-refractivity contribution in [2.45, 2.75) is 24.5 Å². The molecule has 0 unspecified atom stereocenters. The van der Waals surface area contributed by atoms with Gasteiger partial charge in [0.1, 0.15) is 0 Å². The number of fused-ring (bicyclic) bond motifs is 2. The Balaban J connectivity index is 1.53. The quantitative estimate of drug-likeness (QED) is 0.741. The Morgan fingerprint density at radius 1 is 1.12 bits per heavy atom. The molecule has 2 aliphatic carbocycles. The number of nitrogens with zero attached hydrogens (tertiary/aromatic N) is 1. The first-order valence-corrected chi connectivity index (χ1v) is 11.0. The number of carbonyl (C=O) groups excluding carboxylic acids is 1. The summed E-state index contributed by atoms with van der Waals surface area (Å²) in [5.41, 5.74) is 0.654. The molecule has 1 saturated heterocycles. The van der Waals surface area contributed by atoms with Gasteiger partial charge in [-0.15, -0.1) is 0 Å². The lowest BCUT2D eigenvalue weighted by molar-refractivity contribution is -0.136. The Morgan fingerprint density at radius 3 is 2.60 bits per heavy atom. The fourth-order valence-electron chi connectivity index (χ4n) is 4.55. The summed E-state index contributed by atoms with van der Waals surface area (Å²) in [5, 5.41) is -0.145. The number of carbonyl (C=O) groups is 1. The summed E-state index contributed by atoms with van der Waals surface area (Å²) in [4.78, 5) is 14.7. The Hall–Kier alpha value is -1.33. The molecule has 2 fully saturated rings. The number of allylic oxidation sites excluding steroid dienone is 2. The maximum absolute atomic E-state index is 12.9. The van der Waals surface area contributed by atoms with Crippen LogP contribution in [0.5, 0.6) is 0 Å². The molecule has 3 aliphatic rings. The summed E-state index contributed by atoms with van der Waals surface area (Å²) < 4.78 is 25.5. The van der Waals surface area contributed by atoms with Crippen molar-refractivity contribution < 1.29 is 13.2 Å². The number of rotatable bonds is 2. The van der Waals surface area contributed by atoms with Crippen molar-refractivity contribution in [2.24, 2.45) is 17.8 Å². The first-order chi connectivity index (χ1) is 12.0. The van der Waals surface area contributed by atoms with Gasteiger partial charge in [0.2, 0.25) is 5.91 Å². The van der Waals surface area contributed by atoms with E-state index in [-0.39, 0.29) is 17.6 Å². The van der Waals surface area contributed by atoms with Gasteiger partial charge in [-0.1, -0.05) is 42.0 Å². The molecule has 6 heteroatoms. The van der Waals surface area contributed by atoms with Gasteiger partial charge >= 0.3 is 0 Å². The first kappa shape index (κ1) is 17.1. The van der Waals surface area contributed by atoms with E-state index in [1.54, 1.807) is 23.1 Å². The minimum atomic E-state index is -3.33. The molecular formula is C19H22ClNO3S. The number of hydrogen-bond donors (Lipinski definition) is 0. The summed E-state index contributed by atoms with van der Waals surface area (Å²) in [6.07, 6.45) is 6.78. The van der Waals surface area contributed by atoms with Crippen LogP contribution in [0.1, 0.15) is 30.1 Å². The highest BCUT2D eigenvalue weighted by molar-refractivity contribution is 7.91. The number of benzene rings is 1. The van der Waals surface area contributed by atoms with Gasteiger partial charge in [0, 0.05) is 24.0 Å². The summed E-state index contributed by atoms with van der Waals surface area (Å²) in [5.74, 6) is 1.05. The number of sulfone groups is 1. The van der Waals surface area contributed by atoms with Crippen LogP contribution >= 0.6 is 11.6 Å². The minimum Gasteiger partial charge on any atom is -0.341 e. The molecule has 1 aromatic rings. The molecule has 0 radical (unpaired) electrons. The average Bonchev–Trinajstić information content (AvgIpc) is 3.17. The zero-order chi connectivity index (χ0) is 17.6. The van der Waals surface area contributed by atoms with Gasteiger partial charge in [0.05, 0.1) is 11.0 Å². The molecule has 1 heterocycles. The van der Waals surface area contributed by atoms with E-state index >= 15 is 0 Å². The van der Waals surface area contributed by atoms with Crippen molar-refractivity contribution in [2.75, 3.05) is 18.8 Å². The molecule has 0 aromatic heterocycles. The van der Waals surface area contributed by atoms with Crippen molar-refractivity contribution in [1.82, 2.24) is 4.90 Å². The van der Waals surface area contributed by atoms with Crippen LogP contribution in [0.3, 0.4) is 0 Å². The van der Waals surface area contributed by atoms with Gasteiger partial charge in [-0.25, -0.2) is 8.42 Å². The third kappa shape index (κ3) is 3.13. The Labute approximate surface area is 153 Å². The van der Waals surface area contributed by atoms with Crippen LogP contribution in [0.25, 0.3) is 0 Å². The molecule has 0 spiro atoms. The van der Waals surface area contributed by atoms with E-state index in [0.29, 0.717) is 41.9 Å². The van der Waals surface area contributed by atoms with Crippen molar-refractivity contribution in [3.05, 3.63) is 47.0 Å². The zero-order valence-electron chi connectivity index (χ0n) is 14.0. The standard InChI is InChI=1S/C19H22ClNO3S/c20-17-4-2-1-3-15(17)18-7-8-21(9-10-25(18,23)24)19(22)16-12-13-5-6-14(16)11-13/h1-6,13-14,16,18H,7-12H2/t13-,14-,16-,18-/m0/s1. The SMILES string of the molecule is O=C([C@H]1C[C@H]2C=C[C@H]1C2)N1CC[C@@H](c2ccccc2Cl)S(=O)(=O)CC1. The smallest absolute Gasteiger partial charge is 0.226 e. The van der Waals surface area contributed by atoms with E-state index in [9.17, 15) is 13.2 Å². The topological polar surface area (TPSA) is 54.5 Å². The molecule has 1 aliphatic heterocycles. The van der Waals surface area contributed by atoms with E-state index < -0.39 is 15.1 Å². The second-order valence-corrected chi connectivity index (χ2v) is 10.1. The number of hydrogen-bond acceptors (Lipinski definition) is 3. The van der Waals surface area contributed by atoms with Crippen LogP contribution in [0.15, 0.2) is 36.4 Å². The lowest BCUT2D eigenvalue weighted by Gasteiger charge is -2.26. The molecule has 0 N–H and O–H groups in total. The Morgan fingerprint density at radius 2 is 1.92 bits per heavy atom. The van der Waals surface area contributed by atoms with Gasteiger partial charge in [-0.05, 0) is 42.7 Å². The molecule has 1 amide bonds. The Bertz CT molecular complexity index is 820. The summed E-state index contributed by atoms with van der Waals surface area (Å²) >= 11 is 6.23. The third-order valence-electron chi connectivity index (χ3n) is 5.90. The van der Waals surface area contributed by atoms with Crippen molar-refractivity contribution in [1.29, 1.82) is 0 Å². The summed E-state index contributed by atoms with van der Waals surface area (Å²) in [6.45, 7) is 0.769. The molecular weight excluding hydrogens is 358 g/mol. The molecule has 4 nitrogen and oxygen atoms in total. The van der Waals surface area contributed by atoms with Gasteiger partial charge < -0.3 is 4.90 Å². The molecule has 25 heavy (non-hydrogen) atoms. The van der Waals surface area contributed by atoms with E-state index in [4.69, 9.17) is 11.6 Å². The monoisotopic (exact) mass is 379 g/mol. The predicted octanol–water partition coefficient (Wildman–Crippen LogP) is 3.24. The second-order valence-electron chi connectivity index (χ2n) is 7.38. The van der Waals surface area contributed by atoms with E-state index in [1.165, 1.54) is 0 Å². The van der Waals surface area contributed by atoms with Crippen LogP contribution in [0.4, 0.5) is 0 Å². The fourth-order valence-corrected chi connectivity index (χ4v) is 6.70. The largest absolute Gasteiger partial charge is 0.341 e. The molecule has 4 atom stereocenters. The molecule has 2 bridgehead atoms. The van der Waals surface area contributed by atoms with Gasteiger partial charge in [-0.2, -0.15) is 0 Å². The lowest BCUT2D eigenvalue weighted by atomic mass is 9.92. The van der Waals surface area contributed by atoms with Crippen LogP contribution in [0.2, 0.25) is 5.02 Å². The van der Waals surface area contributed by atoms with Crippen LogP contribution in [0, 0.1) is 17.8 Å². The van der Waals surface area contributed by atoms with Crippen LogP contribution in [-0.4, -0.2) is 38.1 Å². The molecule has 1 aromatic carbocycles. The van der Waals surface area contributed by atoms with Gasteiger partial charge in [-0.3, -0.25) is 4.79 Å². The van der Waals surface area contributed by atoms with Crippen molar-refractivity contribution in [3.8, 4) is 0 Å².